The number of hydrogen-bond acceptors (Lipinski definition) is 4. The molecule has 1 unspecified atom stereocenters. The maximum absolute atomic E-state index is 12.9. The van der Waals surface area contributed by atoms with Crippen molar-refractivity contribution in [3.05, 3.63) is 89.7 Å². The van der Waals surface area contributed by atoms with Gasteiger partial charge in [0.25, 0.3) is 5.91 Å². The Morgan fingerprint density at radius 3 is 2.65 bits per heavy atom. The molecule has 1 atom stereocenters. The van der Waals surface area contributed by atoms with Crippen LogP contribution in [0.4, 0.5) is 0 Å². The van der Waals surface area contributed by atoms with Gasteiger partial charge in [-0.2, -0.15) is 0 Å². The number of carbonyl (C=O) groups is 1. The summed E-state index contributed by atoms with van der Waals surface area (Å²) in [5, 5.41) is 3.09. The van der Waals surface area contributed by atoms with Crippen LogP contribution in [0.1, 0.15) is 47.6 Å². The number of nitrogens with one attached hydrogen (secondary N) is 1. The molecule has 4 aromatic rings. The Morgan fingerprint density at radius 1 is 1.03 bits per heavy atom. The lowest BCUT2D eigenvalue weighted by Crippen LogP contribution is -2.28. The maximum Gasteiger partial charge on any atom is 0.251 e. The van der Waals surface area contributed by atoms with Crippen molar-refractivity contribution in [1.82, 2.24) is 14.9 Å². The summed E-state index contributed by atoms with van der Waals surface area (Å²) >= 11 is 0. The standard InChI is InChI=1S/C28H31N3O3/c1-20-11-4-7-16-26(20)34-18-9-8-17-31-25-15-6-5-14-24(25)30-27(31)21(2)29-28(32)22-12-10-13-23(19-22)33-3/h4-7,10-16,19,21H,8-9,17-18H2,1-3H3,(H,29,32). The van der Waals surface area contributed by atoms with Crippen LogP contribution in [-0.4, -0.2) is 29.2 Å². The van der Waals surface area contributed by atoms with Crippen molar-refractivity contribution >= 4 is 16.9 Å². The fourth-order valence-corrected chi connectivity index (χ4v) is 4.04. The first-order valence-electron chi connectivity index (χ1n) is 11.7. The van der Waals surface area contributed by atoms with Gasteiger partial charge in [0.2, 0.25) is 0 Å². The summed E-state index contributed by atoms with van der Waals surface area (Å²) in [5.41, 5.74) is 3.70. The van der Waals surface area contributed by atoms with Gasteiger partial charge in [-0.15, -0.1) is 0 Å². The second-order valence-corrected chi connectivity index (χ2v) is 8.36. The van der Waals surface area contributed by atoms with Crippen LogP contribution in [0.2, 0.25) is 0 Å². The van der Waals surface area contributed by atoms with E-state index in [1.807, 2.05) is 55.5 Å². The fourth-order valence-electron chi connectivity index (χ4n) is 4.04. The number of imidazole rings is 1. The molecule has 6 nitrogen and oxygen atoms in total. The smallest absolute Gasteiger partial charge is 0.251 e. The van der Waals surface area contributed by atoms with Gasteiger partial charge < -0.3 is 19.4 Å². The molecule has 0 fully saturated rings. The first-order chi connectivity index (χ1) is 16.6. The van der Waals surface area contributed by atoms with Crippen molar-refractivity contribution in [3.8, 4) is 11.5 Å². The van der Waals surface area contributed by atoms with E-state index in [1.165, 1.54) is 0 Å². The number of methoxy groups -OCH3 is 1. The Morgan fingerprint density at radius 2 is 1.82 bits per heavy atom. The molecule has 0 saturated carbocycles. The van der Waals surface area contributed by atoms with Crippen LogP contribution in [-0.2, 0) is 6.54 Å². The molecule has 0 aliphatic heterocycles. The van der Waals surface area contributed by atoms with Crippen molar-refractivity contribution in [2.24, 2.45) is 0 Å². The number of ether oxygens (including phenoxy) is 2. The minimum absolute atomic E-state index is 0.156. The molecule has 3 aromatic carbocycles. The minimum Gasteiger partial charge on any atom is -0.497 e. The normalized spacial score (nSPS) is 11.9. The zero-order valence-corrected chi connectivity index (χ0v) is 20.0. The SMILES string of the molecule is COc1cccc(C(=O)NC(C)c2nc3ccccc3n2CCCCOc2ccccc2C)c1. The zero-order chi connectivity index (χ0) is 23.9. The highest BCUT2D eigenvalue weighted by atomic mass is 16.5. The van der Waals surface area contributed by atoms with Gasteiger partial charge in [-0.1, -0.05) is 36.4 Å². The minimum atomic E-state index is -0.255. The molecule has 0 spiro atoms. The van der Waals surface area contributed by atoms with Crippen molar-refractivity contribution in [2.45, 2.75) is 39.3 Å². The number of unbranched alkanes of at least 4 members (excludes halogenated alkanes) is 1. The van der Waals surface area contributed by atoms with E-state index in [0.717, 1.165) is 47.6 Å². The predicted molar refractivity (Wildman–Crippen MR) is 135 cm³/mol. The number of aryl methyl sites for hydroxylation is 2. The molecule has 0 bridgehead atoms. The number of para-hydroxylation sites is 3. The Bertz CT molecular complexity index is 1260. The summed E-state index contributed by atoms with van der Waals surface area (Å²) in [5.74, 6) is 2.28. The molecule has 1 amide bonds. The number of carbonyl (C=O) groups excluding carboxylic acids is 1. The van der Waals surface area contributed by atoms with Crippen LogP contribution >= 0.6 is 0 Å². The number of rotatable bonds is 10. The van der Waals surface area contributed by atoms with Crippen LogP contribution in [0.3, 0.4) is 0 Å². The molecule has 4 rings (SSSR count). The number of amides is 1. The van der Waals surface area contributed by atoms with Crippen LogP contribution in [0.5, 0.6) is 11.5 Å². The summed E-state index contributed by atoms with van der Waals surface area (Å²) in [7, 11) is 1.59. The van der Waals surface area contributed by atoms with E-state index in [-0.39, 0.29) is 11.9 Å². The zero-order valence-electron chi connectivity index (χ0n) is 20.0. The van der Waals surface area contributed by atoms with Gasteiger partial charge in [0.05, 0.1) is 30.8 Å². The maximum atomic E-state index is 12.9. The second kappa shape index (κ2) is 10.9. The van der Waals surface area contributed by atoms with Crippen molar-refractivity contribution in [2.75, 3.05) is 13.7 Å². The summed E-state index contributed by atoms with van der Waals surface area (Å²) in [6.45, 7) is 5.48. The molecule has 0 aliphatic rings. The van der Waals surface area contributed by atoms with Gasteiger partial charge in [-0.25, -0.2) is 4.98 Å². The fraction of sp³-hybridized carbons (Fsp3) is 0.286. The molecule has 6 heteroatoms. The van der Waals surface area contributed by atoms with Crippen LogP contribution in [0.25, 0.3) is 11.0 Å². The highest BCUT2D eigenvalue weighted by Crippen LogP contribution is 2.23. The lowest BCUT2D eigenvalue weighted by molar-refractivity contribution is 0.0937. The highest BCUT2D eigenvalue weighted by Gasteiger charge is 2.19. The second-order valence-electron chi connectivity index (χ2n) is 8.36. The third-order valence-electron chi connectivity index (χ3n) is 5.88. The Hall–Kier alpha value is -3.80. The average Bonchev–Trinajstić information content (AvgIpc) is 3.23. The molecule has 0 aliphatic carbocycles. The molecule has 1 N–H and O–H groups in total. The van der Waals surface area contributed by atoms with E-state index in [9.17, 15) is 4.79 Å². The lowest BCUT2D eigenvalue weighted by Gasteiger charge is -2.17. The Labute approximate surface area is 200 Å². The molecule has 176 valence electrons. The van der Waals surface area contributed by atoms with Crippen molar-refractivity contribution in [1.29, 1.82) is 0 Å². The van der Waals surface area contributed by atoms with E-state index in [4.69, 9.17) is 14.5 Å². The lowest BCUT2D eigenvalue weighted by atomic mass is 10.2. The van der Waals surface area contributed by atoms with E-state index >= 15 is 0 Å². The average molecular weight is 458 g/mol. The predicted octanol–water partition coefficient (Wildman–Crippen LogP) is 5.70. The van der Waals surface area contributed by atoms with E-state index in [0.29, 0.717) is 17.9 Å². The molecule has 0 saturated heterocycles. The summed E-state index contributed by atoms with van der Waals surface area (Å²) in [6, 6.07) is 23.0. The van der Waals surface area contributed by atoms with Crippen LogP contribution in [0.15, 0.2) is 72.8 Å². The van der Waals surface area contributed by atoms with E-state index in [1.54, 1.807) is 19.2 Å². The van der Waals surface area contributed by atoms with Crippen LogP contribution < -0.4 is 14.8 Å². The van der Waals surface area contributed by atoms with Gasteiger partial charge in [0, 0.05) is 12.1 Å². The van der Waals surface area contributed by atoms with Gasteiger partial charge in [-0.05, 0) is 68.7 Å². The number of hydrogen-bond donors (Lipinski definition) is 1. The highest BCUT2D eigenvalue weighted by molar-refractivity contribution is 5.94. The molecule has 1 aromatic heterocycles. The van der Waals surface area contributed by atoms with Crippen molar-refractivity contribution in [3.63, 3.8) is 0 Å². The Kier molecular flexibility index (Phi) is 7.48. The topological polar surface area (TPSA) is 65.4 Å². The third-order valence-corrected chi connectivity index (χ3v) is 5.88. The largest absolute Gasteiger partial charge is 0.497 e. The molecular weight excluding hydrogens is 426 g/mol. The van der Waals surface area contributed by atoms with E-state index < -0.39 is 0 Å². The Balaban J connectivity index is 1.44. The van der Waals surface area contributed by atoms with Gasteiger partial charge in [0.15, 0.2) is 0 Å². The molecule has 1 heterocycles. The van der Waals surface area contributed by atoms with Crippen LogP contribution in [0, 0.1) is 6.92 Å². The summed E-state index contributed by atoms with van der Waals surface area (Å²) < 4.78 is 13.4. The summed E-state index contributed by atoms with van der Waals surface area (Å²) in [6.07, 6.45) is 1.86. The number of aromatic nitrogens is 2. The molecular formula is C28H31N3O3. The molecule has 34 heavy (non-hydrogen) atoms. The number of fused-ring (bicyclic) bond motifs is 1. The van der Waals surface area contributed by atoms with Gasteiger partial charge in [-0.3, -0.25) is 4.79 Å². The van der Waals surface area contributed by atoms with E-state index in [2.05, 4.69) is 28.9 Å². The summed E-state index contributed by atoms with van der Waals surface area (Å²) in [4.78, 5) is 17.7. The quantitative estimate of drug-likeness (QED) is 0.310. The first-order valence-corrected chi connectivity index (χ1v) is 11.7. The third kappa shape index (κ3) is 5.39. The van der Waals surface area contributed by atoms with Crippen molar-refractivity contribution < 1.29 is 14.3 Å². The number of benzene rings is 3. The molecule has 0 radical (unpaired) electrons. The monoisotopic (exact) mass is 457 g/mol. The van der Waals surface area contributed by atoms with Gasteiger partial charge in [0.1, 0.15) is 17.3 Å². The number of nitrogens with zero attached hydrogens (tertiary/aromatic N) is 2. The van der Waals surface area contributed by atoms with Gasteiger partial charge >= 0.3 is 0 Å². The first kappa shape index (κ1) is 23.4.